The molecule has 1 amide bonds. The molecule has 0 aliphatic carbocycles. The minimum Gasteiger partial charge on any atom is -0.480 e. The molecule has 94 valence electrons. The molecule has 1 atom stereocenters. The average Bonchev–Trinajstić information content (AvgIpc) is 2.71. The molecule has 0 unspecified atom stereocenters. The highest BCUT2D eigenvalue weighted by molar-refractivity contribution is 5.81. The maximum atomic E-state index is 11.3. The van der Waals surface area contributed by atoms with Crippen LogP contribution in [-0.2, 0) is 22.7 Å². The third-order valence-electron chi connectivity index (χ3n) is 2.10. The number of nitrogens with one attached hydrogen (secondary N) is 1. The van der Waals surface area contributed by atoms with Gasteiger partial charge in [0, 0.05) is 0 Å². The van der Waals surface area contributed by atoms with Crippen LogP contribution in [0, 0.1) is 0 Å². The van der Waals surface area contributed by atoms with Gasteiger partial charge in [0.05, 0.1) is 18.8 Å². The Balaban J connectivity index is 2.44. The summed E-state index contributed by atoms with van der Waals surface area (Å²) in [7, 11) is 0. The Labute approximate surface area is 97.8 Å². The standard InChI is InChI=1S/C9H15N5O3/c1-2-7(10)9(17)11-3-6-4-14(13-12-6)5-8(15)16/h4,7H,2-3,5,10H2,1H3,(H,11,17)(H,15,16)/t7-/m0/s1. The average molecular weight is 241 g/mol. The second kappa shape index (κ2) is 5.94. The first-order valence-corrected chi connectivity index (χ1v) is 5.17. The lowest BCUT2D eigenvalue weighted by molar-refractivity contribution is -0.138. The van der Waals surface area contributed by atoms with Crippen molar-refractivity contribution in [1.29, 1.82) is 0 Å². The van der Waals surface area contributed by atoms with Crippen molar-refractivity contribution in [2.24, 2.45) is 5.73 Å². The van der Waals surface area contributed by atoms with Crippen molar-refractivity contribution in [3.05, 3.63) is 11.9 Å². The number of hydrogen-bond donors (Lipinski definition) is 3. The van der Waals surface area contributed by atoms with E-state index in [0.29, 0.717) is 12.1 Å². The summed E-state index contributed by atoms with van der Waals surface area (Å²) in [6, 6.07) is -0.538. The summed E-state index contributed by atoms with van der Waals surface area (Å²) >= 11 is 0. The van der Waals surface area contributed by atoms with Gasteiger partial charge in [0.25, 0.3) is 0 Å². The predicted octanol–water partition coefficient (Wildman–Crippen LogP) is -1.28. The summed E-state index contributed by atoms with van der Waals surface area (Å²) in [5, 5.41) is 18.4. The molecule has 8 nitrogen and oxygen atoms in total. The van der Waals surface area contributed by atoms with Crippen LogP contribution in [0.1, 0.15) is 19.0 Å². The number of hydrogen-bond acceptors (Lipinski definition) is 5. The van der Waals surface area contributed by atoms with Gasteiger partial charge in [0.2, 0.25) is 5.91 Å². The molecular formula is C9H15N5O3. The van der Waals surface area contributed by atoms with Gasteiger partial charge in [-0.05, 0) is 6.42 Å². The molecule has 0 radical (unpaired) electrons. The molecule has 0 saturated carbocycles. The lowest BCUT2D eigenvalue weighted by Gasteiger charge is -2.07. The van der Waals surface area contributed by atoms with Crippen molar-refractivity contribution in [1.82, 2.24) is 20.3 Å². The highest BCUT2D eigenvalue weighted by Crippen LogP contribution is 1.94. The highest BCUT2D eigenvalue weighted by Gasteiger charge is 2.11. The fraction of sp³-hybridized carbons (Fsp3) is 0.556. The minimum absolute atomic E-state index is 0.187. The number of amides is 1. The van der Waals surface area contributed by atoms with Crippen LogP contribution in [0.15, 0.2) is 6.20 Å². The van der Waals surface area contributed by atoms with E-state index in [0.717, 1.165) is 0 Å². The Bertz CT molecular complexity index is 403. The van der Waals surface area contributed by atoms with Crippen LogP contribution in [0.25, 0.3) is 0 Å². The Kier molecular flexibility index (Phi) is 4.58. The van der Waals surface area contributed by atoms with Crippen LogP contribution in [0.4, 0.5) is 0 Å². The van der Waals surface area contributed by atoms with Crippen LogP contribution < -0.4 is 11.1 Å². The molecule has 1 heterocycles. The number of nitrogens with two attached hydrogens (primary N) is 1. The van der Waals surface area contributed by atoms with Gasteiger partial charge in [-0.2, -0.15) is 0 Å². The summed E-state index contributed by atoms with van der Waals surface area (Å²) in [6.07, 6.45) is 2.02. The Morgan fingerprint density at radius 2 is 2.35 bits per heavy atom. The van der Waals surface area contributed by atoms with E-state index in [1.165, 1.54) is 10.9 Å². The first-order chi connectivity index (χ1) is 8.02. The molecule has 0 bridgehead atoms. The molecular weight excluding hydrogens is 226 g/mol. The number of carboxylic acid groups (broad SMARTS) is 1. The summed E-state index contributed by atoms with van der Waals surface area (Å²) in [5.41, 5.74) is 6.01. The van der Waals surface area contributed by atoms with E-state index < -0.39 is 12.0 Å². The van der Waals surface area contributed by atoms with Crippen LogP contribution >= 0.6 is 0 Å². The zero-order chi connectivity index (χ0) is 12.8. The van der Waals surface area contributed by atoms with Gasteiger partial charge in [-0.1, -0.05) is 12.1 Å². The normalized spacial score (nSPS) is 12.1. The molecule has 8 heteroatoms. The Morgan fingerprint density at radius 3 is 2.94 bits per heavy atom. The fourth-order valence-electron chi connectivity index (χ4n) is 1.13. The van der Waals surface area contributed by atoms with E-state index in [9.17, 15) is 9.59 Å². The van der Waals surface area contributed by atoms with E-state index in [-0.39, 0.29) is 19.0 Å². The van der Waals surface area contributed by atoms with Crippen LogP contribution in [-0.4, -0.2) is 38.0 Å². The monoisotopic (exact) mass is 241 g/mol. The van der Waals surface area contributed by atoms with E-state index in [1.807, 2.05) is 6.92 Å². The van der Waals surface area contributed by atoms with Crippen LogP contribution in [0.2, 0.25) is 0 Å². The van der Waals surface area contributed by atoms with Crippen molar-refractivity contribution in [2.45, 2.75) is 32.5 Å². The summed E-state index contributed by atoms with van der Waals surface area (Å²) in [5.74, 6) is -1.27. The number of carbonyl (C=O) groups excluding carboxylic acids is 1. The van der Waals surface area contributed by atoms with Crippen LogP contribution in [0.5, 0.6) is 0 Å². The SMILES string of the molecule is CC[C@H](N)C(=O)NCc1cn(CC(=O)O)nn1. The number of rotatable bonds is 6. The number of aromatic nitrogens is 3. The Hall–Kier alpha value is -1.96. The summed E-state index contributed by atoms with van der Waals surface area (Å²) in [6.45, 7) is 1.74. The summed E-state index contributed by atoms with van der Waals surface area (Å²) < 4.78 is 1.18. The maximum absolute atomic E-state index is 11.3. The zero-order valence-corrected chi connectivity index (χ0v) is 9.46. The molecule has 1 rings (SSSR count). The van der Waals surface area contributed by atoms with Gasteiger partial charge >= 0.3 is 5.97 Å². The van der Waals surface area contributed by atoms with Crippen molar-refractivity contribution < 1.29 is 14.7 Å². The lowest BCUT2D eigenvalue weighted by Crippen LogP contribution is -2.39. The number of carbonyl (C=O) groups is 2. The van der Waals surface area contributed by atoms with Crippen molar-refractivity contribution >= 4 is 11.9 Å². The van der Waals surface area contributed by atoms with Gasteiger partial charge in [-0.15, -0.1) is 5.10 Å². The third-order valence-corrected chi connectivity index (χ3v) is 2.10. The van der Waals surface area contributed by atoms with E-state index >= 15 is 0 Å². The number of aliphatic carboxylic acids is 1. The molecule has 0 spiro atoms. The molecule has 17 heavy (non-hydrogen) atoms. The molecule has 1 aromatic rings. The first kappa shape index (κ1) is 13.1. The van der Waals surface area contributed by atoms with E-state index in [1.54, 1.807) is 0 Å². The Morgan fingerprint density at radius 1 is 1.65 bits per heavy atom. The second-order valence-electron chi connectivity index (χ2n) is 3.53. The van der Waals surface area contributed by atoms with Crippen LogP contribution in [0.3, 0.4) is 0 Å². The number of nitrogens with zero attached hydrogens (tertiary/aromatic N) is 3. The third kappa shape index (κ3) is 4.19. The van der Waals surface area contributed by atoms with E-state index in [4.69, 9.17) is 10.8 Å². The first-order valence-electron chi connectivity index (χ1n) is 5.17. The largest absolute Gasteiger partial charge is 0.480 e. The number of carboxylic acids is 1. The fourth-order valence-corrected chi connectivity index (χ4v) is 1.13. The minimum atomic E-state index is -1.00. The predicted molar refractivity (Wildman–Crippen MR) is 57.8 cm³/mol. The van der Waals surface area contributed by atoms with Gasteiger partial charge < -0.3 is 16.2 Å². The molecule has 4 N–H and O–H groups in total. The van der Waals surface area contributed by atoms with Gasteiger partial charge in [0.15, 0.2) is 0 Å². The summed E-state index contributed by atoms with van der Waals surface area (Å²) in [4.78, 5) is 21.7. The molecule has 0 aliphatic rings. The quantitative estimate of drug-likeness (QED) is 0.569. The van der Waals surface area contributed by atoms with Gasteiger partial charge in [0.1, 0.15) is 12.2 Å². The van der Waals surface area contributed by atoms with Crippen molar-refractivity contribution in [3.63, 3.8) is 0 Å². The molecule has 0 aromatic carbocycles. The van der Waals surface area contributed by atoms with Crippen molar-refractivity contribution in [2.75, 3.05) is 0 Å². The molecule has 0 saturated heterocycles. The lowest BCUT2D eigenvalue weighted by atomic mass is 10.2. The van der Waals surface area contributed by atoms with Gasteiger partial charge in [-0.25, -0.2) is 4.68 Å². The van der Waals surface area contributed by atoms with Crippen molar-refractivity contribution in [3.8, 4) is 0 Å². The molecule has 0 aliphatic heterocycles. The van der Waals surface area contributed by atoms with Gasteiger partial charge in [-0.3, -0.25) is 9.59 Å². The zero-order valence-electron chi connectivity index (χ0n) is 9.46. The smallest absolute Gasteiger partial charge is 0.325 e. The van der Waals surface area contributed by atoms with E-state index in [2.05, 4.69) is 15.6 Å². The molecule has 0 fully saturated rings. The molecule has 1 aromatic heterocycles. The highest BCUT2D eigenvalue weighted by atomic mass is 16.4. The second-order valence-corrected chi connectivity index (χ2v) is 3.53. The topological polar surface area (TPSA) is 123 Å². The maximum Gasteiger partial charge on any atom is 0.325 e.